The number of aromatic nitrogens is 1. The molecule has 0 aliphatic heterocycles. The fourth-order valence-corrected chi connectivity index (χ4v) is 3.20. The summed E-state index contributed by atoms with van der Waals surface area (Å²) in [6, 6.07) is 6.89. The van der Waals surface area contributed by atoms with Crippen molar-refractivity contribution < 1.29 is 0 Å². The molecule has 0 radical (unpaired) electrons. The highest BCUT2D eigenvalue weighted by molar-refractivity contribution is 9.10. The lowest BCUT2D eigenvalue weighted by molar-refractivity contribution is 0.499. The molecule has 0 bridgehead atoms. The lowest BCUT2D eigenvalue weighted by Gasteiger charge is -2.19. The van der Waals surface area contributed by atoms with Gasteiger partial charge in [0.25, 0.3) is 0 Å². The number of nitrogens with one attached hydrogen (secondary N) is 1. The molecular formula is C13H15BrN2S. The van der Waals surface area contributed by atoms with Gasteiger partial charge in [-0.2, -0.15) is 0 Å². The first-order valence-corrected chi connectivity index (χ1v) is 7.24. The predicted molar refractivity (Wildman–Crippen MR) is 76.2 cm³/mol. The minimum atomic E-state index is 0.305. The first-order valence-electron chi connectivity index (χ1n) is 5.56. The van der Waals surface area contributed by atoms with E-state index in [1.54, 1.807) is 17.5 Å². The standard InChI is InChI=1S/C13H15BrN2S/c1-9(11-4-3-5-15-7-11)16-10(2)13-6-12(14)8-17-13/h3-10,16H,1-2H3. The molecule has 0 saturated carbocycles. The van der Waals surface area contributed by atoms with Crippen molar-refractivity contribution in [1.29, 1.82) is 0 Å². The summed E-state index contributed by atoms with van der Waals surface area (Å²) in [5, 5.41) is 5.69. The first kappa shape index (κ1) is 12.7. The van der Waals surface area contributed by atoms with Crippen molar-refractivity contribution >= 4 is 27.3 Å². The van der Waals surface area contributed by atoms with Gasteiger partial charge in [-0.25, -0.2) is 0 Å². The third-order valence-electron chi connectivity index (χ3n) is 2.70. The number of hydrogen-bond acceptors (Lipinski definition) is 3. The van der Waals surface area contributed by atoms with E-state index in [0.717, 1.165) is 4.47 Å². The molecule has 0 aromatic carbocycles. The van der Waals surface area contributed by atoms with Gasteiger partial charge in [-0.3, -0.25) is 4.98 Å². The van der Waals surface area contributed by atoms with E-state index in [9.17, 15) is 0 Å². The Hall–Kier alpha value is -0.710. The zero-order valence-electron chi connectivity index (χ0n) is 9.85. The van der Waals surface area contributed by atoms with Crippen LogP contribution in [0.1, 0.15) is 36.4 Å². The van der Waals surface area contributed by atoms with E-state index in [1.807, 2.05) is 12.3 Å². The van der Waals surface area contributed by atoms with E-state index in [1.165, 1.54) is 10.4 Å². The normalized spacial score (nSPS) is 14.5. The van der Waals surface area contributed by atoms with Gasteiger partial charge in [0.1, 0.15) is 0 Å². The summed E-state index contributed by atoms with van der Waals surface area (Å²) in [6.07, 6.45) is 3.71. The van der Waals surface area contributed by atoms with E-state index >= 15 is 0 Å². The molecule has 0 spiro atoms. The fraction of sp³-hybridized carbons (Fsp3) is 0.308. The van der Waals surface area contributed by atoms with Gasteiger partial charge < -0.3 is 5.32 Å². The Morgan fingerprint density at radius 2 is 2.18 bits per heavy atom. The van der Waals surface area contributed by atoms with Crippen LogP contribution in [0.2, 0.25) is 0 Å². The van der Waals surface area contributed by atoms with Gasteiger partial charge in [0.2, 0.25) is 0 Å². The summed E-state index contributed by atoms with van der Waals surface area (Å²) >= 11 is 5.25. The maximum absolute atomic E-state index is 4.15. The summed E-state index contributed by atoms with van der Waals surface area (Å²) < 4.78 is 1.15. The minimum absolute atomic E-state index is 0.305. The molecule has 17 heavy (non-hydrogen) atoms. The Morgan fingerprint density at radius 1 is 1.35 bits per heavy atom. The van der Waals surface area contributed by atoms with Crippen molar-refractivity contribution in [2.24, 2.45) is 0 Å². The molecule has 2 aromatic rings. The molecule has 0 aliphatic rings. The molecule has 2 rings (SSSR count). The van der Waals surface area contributed by atoms with Crippen molar-refractivity contribution in [3.8, 4) is 0 Å². The molecule has 0 amide bonds. The third kappa shape index (κ3) is 3.37. The monoisotopic (exact) mass is 310 g/mol. The Labute approximate surface area is 114 Å². The van der Waals surface area contributed by atoms with Crippen LogP contribution in [0.4, 0.5) is 0 Å². The van der Waals surface area contributed by atoms with E-state index in [0.29, 0.717) is 12.1 Å². The van der Waals surface area contributed by atoms with Crippen molar-refractivity contribution in [2.75, 3.05) is 0 Å². The van der Waals surface area contributed by atoms with Crippen LogP contribution in [0.5, 0.6) is 0 Å². The van der Waals surface area contributed by atoms with Crippen LogP contribution in [0.15, 0.2) is 40.4 Å². The number of hydrogen-bond donors (Lipinski definition) is 1. The Bertz CT molecular complexity index is 469. The number of nitrogens with zero attached hydrogens (tertiary/aromatic N) is 1. The first-order chi connectivity index (χ1) is 8.16. The van der Waals surface area contributed by atoms with E-state index in [-0.39, 0.29) is 0 Å². The Morgan fingerprint density at radius 3 is 2.76 bits per heavy atom. The van der Waals surface area contributed by atoms with Crippen molar-refractivity contribution in [3.63, 3.8) is 0 Å². The average molecular weight is 311 g/mol. The lowest BCUT2D eigenvalue weighted by Crippen LogP contribution is -2.21. The topological polar surface area (TPSA) is 24.9 Å². The molecule has 2 aromatic heterocycles. The maximum Gasteiger partial charge on any atom is 0.0391 e. The van der Waals surface area contributed by atoms with Crippen molar-refractivity contribution in [2.45, 2.75) is 25.9 Å². The highest BCUT2D eigenvalue weighted by Gasteiger charge is 2.12. The summed E-state index contributed by atoms with van der Waals surface area (Å²) in [5.74, 6) is 0. The summed E-state index contributed by atoms with van der Waals surface area (Å²) in [5.41, 5.74) is 1.22. The van der Waals surface area contributed by atoms with Gasteiger partial charge in [0, 0.05) is 39.2 Å². The maximum atomic E-state index is 4.15. The molecule has 2 heterocycles. The summed E-state index contributed by atoms with van der Waals surface area (Å²) in [6.45, 7) is 4.35. The number of thiophene rings is 1. The van der Waals surface area contributed by atoms with Crippen molar-refractivity contribution in [3.05, 3.63) is 50.9 Å². The van der Waals surface area contributed by atoms with Crippen LogP contribution < -0.4 is 5.32 Å². The van der Waals surface area contributed by atoms with Gasteiger partial charge in [-0.1, -0.05) is 6.07 Å². The van der Waals surface area contributed by atoms with Gasteiger partial charge >= 0.3 is 0 Å². The van der Waals surface area contributed by atoms with E-state index in [4.69, 9.17) is 0 Å². The van der Waals surface area contributed by atoms with Gasteiger partial charge in [0.05, 0.1) is 0 Å². The molecular weight excluding hydrogens is 296 g/mol. The molecule has 0 aliphatic carbocycles. The van der Waals surface area contributed by atoms with Gasteiger partial charge in [-0.15, -0.1) is 11.3 Å². The second-order valence-electron chi connectivity index (χ2n) is 4.06. The quantitative estimate of drug-likeness (QED) is 0.909. The average Bonchev–Trinajstić information content (AvgIpc) is 2.77. The van der Waals surface area contributed by atoms with Crippen LogP contribution in [-0.4, -0.2) is 4.98 Å². The predicted octanol–water partition coefficient (Wildman–Crippen LogP) is 4.32. The zero-order chi connectivity index (χ0) is 12.3. The second kappa shape index (κ2) is 5.76. The highest BCUT2D eigenvalue weighted by Crippen LogP contribution is 2.27. The van der Waals surface area contributed by atoms with Crippen LogP contribution in [0, 0.1) is 0 Å². The molecule has 2 atom stereocenters. The third-order valence-corrected chi connectivity index (χ3v) is 4.58. The SMILES string of the molecule is CC(NC(C)c1cc(Br)cs1)c1cccnc1. The molecule has 0 saturated heterocycles. The zero-order valence-corrected chi connectivity index (χ0v) is 12.3. The van der Waals surface area contributed by atoms with Crippen LogP contribution in [0.25, 0.3) is 0 Å². The summed E-state index contributed by atoms with van der Waals surface area (Å²) in [7, 11) is 0. The van der Waals surface area contributed by atoms with Crippen molar-refractivity contribution in [1.82, 2.24) is 10.3 Å². The molecule has 0 fully saturated rings. The number of pyridine rings is 1. The molecule has 1 N–H and O–H groups in total. The number of halogens is 1. The van der Waals surface area contributed by atoms with Crippen LogP contribution >= 0.6 is 27.3 Å². The molecule has 2 nitrogen and oxygen atoms in total. The smallest absolute Gasteiger partial charge is 0.0391 e. The number of rotatable bonds is 4. The molecule has 4 heteroatoms. The fourth-order valence-electron chi connectivity index (χ4n) is 1.74. The lowest BCUT2D eigenvalue weighted by atomic mass is 10.1. The van der Waals surface area contributed by atoms with E-state index in [2.05, 4.69) is 57.6 Å². The molecule has 90 valence electrons. The summed E-state index contributed by atoms with van der Waals surface area (Å²) in [4.78, 5) is 5.49. The largest absolute Gasteiger partial charge is 0.303 e. The van der Waals surface area contributed by atoms with E-state index < -0.39 is 0 Å². The van der Waals surface area contributed by atoms with Crippen LogP contribution in [-0.2, 0) is 0 Å². The minimum Gasteiger partial charge on any atom is -0.303 e. The Balaban J connectivity index is 2.02. The molecule has 2 unspecified atom stereocenters. The van der Waals surface area contributed by atoms with Gasteiger partial charge in [0.15, 0.2) is 0 Å². The highest BCUT2D eigenvalue weighted by atomic mass is 79.9. The second-order valence-corrected chi connectivity index (χ2v) is 5.92. The van der Waals surface area contributed by atoms with Gasteiger partial charge in [-0.05, 0) is 47.5 Å². The van der Waals surface area contributed by atoms with Crippen LogP contribution in [0.3, 0.4) is 0 Å². The Kier molecular flexibility index (Phi) is 4.31.